The van der Waals surface area contributed by atoms with Crippen LogP contribution in [0.15, 0.2) is 107 Å². The molecule has 1 saturated heterocycles. The van der Waals surface area contributed by atoms with Crippen LogP contribution in [-0.2, 0) is 28.9 Å². The number of aryl methyl sites for hydroxylation is 1. The zero-order valence-electron chi connectivity index (χ0n) is 34.5. The number of hydrogen-bond acceptors (Lipinski definition) is 11. The Hall–Kier alpha value is -4.64. The summed E-state index contributed by atoms with van der Waals surface area (Å²) in [6, 6.07) is 27.4. The van der Waals surface area contributed by atoms with Crippen LogP contribution in [0.3, 0.4) is 0 Å². The Morgan fingerprint density at radius 3 is 2.02 bits per heavy atom. The highest BCUT2D eigenvalue weighted by atomic mass is 31.2. The number of rotatable bonds is 20. The Kier molecular flexibility index (Phi) is 15.2. The molecule has 3 aromatic carbocycles. The third-order valence-electron chi connectivity index (χ3n) is 10.3. The van der Waals surface area contributed by atoms with Crippen LogP contribution < -0.4 is 20.7 Å². The highest BCUT2D eigenvalue weighted by molar-refractivity contribution is 7.44. The van der Waals surface area contributed by atoms with Gasteiger partial charge in [-0.2, -0.15) is 5.26 Å². The largest absolute Gasteiger partial charge is 0.497 e. The van der Waals surface area contributed by atoms with Crippen LogP contribution in [0.25, 0.3) is 0 Å². The molecule has 0 radical (unpaired) electrons. The van der Waals surface area contributed by atoms with E-state index < -0.39 is 49.4 Å². The van der Waals surface area contributed by atoms with Crippen LogP contribution >= 0.6 is 8.53 Å². The van der Waals surface area contributed by atoms with Crippen molar-refractivity contribution in [3.05, 3.63) is 141 Å². The van der Waals surface area contributed by atoms with E-state index in [2.05, 4.69) is 50.0 Å². The van der Waals surface area contributed by atoms with E-state index in [4.69, 9.17) is 32.7 Å². The van der Waals surface area contributed by atoms with Crippen molar-refractivity contribution in [3.63, 3.8) is 0 Å². The van der Waals surface area contributed by atoms with Crippen molar-refractivity contribution >= 4 is 8.53 Å². The van der Waals surface area contributed by atoms with Crippen molar-refractivity contribution in [3.8, 4) is 17.6 Å². The van der Waals surface area contributed by atoms with E-state index in [0.717, 1.165) is 16.7 Å². The second kappa shape index (κ2) is 19.9. The molecule has 58 heavy (non-hydrogen) atoms. The van der Waals surface area contributed by atoms with Crippen LogP contribution in [0.5, 0.6) is 11.5 Å². The molecule has 1 unspecified atom stereocenters. The Bertz CT molecular complexity index is 2050. The lowest BCUT2D eigenvalue weighted by molar-refractivity contribution is -0.118. The van der Waals surface area contributed by atoms with Crippen LogP contribution in [-0.4, -0.2) is 78.7 Å². The fourth-order valence-electron chi connectivity index (χ4n) is 7.59. The topological polar surface area (TPSA) is 146 Å². The standard InChI is InChI=1S/C44H55N4O9P/c1-10-25-43(57-58(55-27-14-26-45)48(30(2)3)31(4)5)38(56-41(39(43)53-9)47-28-32(6)40(49)46-42(47)50)29-54-44(33-15-12-11-13-16-33,34-17-21-36(51-7)22-18-34)35-19-23-37(52-8)24-20-35/h10-13,15-24,28,30-31,38-39,41H,1,14,25,27,29H2,2-9H3,(H,46,49,50)/t38-,39+,41-,43-,58?/m1/s1. The first kappa shape index (κ1) is 44.5. The molecule has 5 atom stereocenters. The van der Waals surface area contributed by atoms with Crippen LogP contribution in [0.4, 0.5) is 0 Å². The summed E-state index contributed by atoms with van der Waals surface area (Å²) in [5.74, 6) is 1.35. The van der Waals surface area contributed by atoms with Gasteiger partial charge in [0.2, 0.25) is 0 Å². The first-order valence-electron chi connectivity index (χ1n) is 19.3. The van der Waals surface area contributed by atoms with E-state index >= 15 is 0 Å². The second-order valence-corrected chi connectivity index (χ2v) is 15.9. The normalized spacial score (nSPS) is 20.0. The highest BCUT2D eigenvalue weighted by Gasteiger charge is 2.61. The molecule has 2 heterocycles. The number of nitriles is 1. The molecule has 1 N–H and O–H groups in total. The van der Waals surface area contributed by atoms with Gasteiger partial charge in [0.05, 0.1) is 39.9 Å². The maximum atomic E-state index is 13.6. The minimum absolute atomic E-state index is 0.0249. The van der Waals surface area contributed by atoms with Crippen molar-refractivity contribution in [1.29, 1.82) is 5.26 Å². The fourth-order valence-corrected chi connectivity index (χ4v) is 9.46. The van der Waals surface area contributed by atoms with Gasteiger partial charge in [0, 0.05) is 31.0 Å². The molecule has 4 aromatic rings. The SMILES string of the molecule is C=CC[C@@]1(OP(OCCC#N)N(C(C)C)C(C)C)[C@@H](COC(c2ccccc2)(c2ccc(OC)cc2)c2ccc(OC)cc2)O[C@@H](n2cc(C)c(=O)[nH]c2=O)[C@@H]1OC. The van der Waals surface area contributed by atoms with E-state index in [1.54, 1.807) is 27.2 Å². The molecule has 0 spiro atoms. The maximum absolute atomic E-state index is 13.6. The Balaban J connectivity index is 1.75. The molecule has 1 aliphatic heterocycles. The lowest BCUT2D eigenvalue weighted by atomic mass is 9.79. The van der Waals surface area contributed by atoms with Gasteiger partial charge in [-0.25, -0.2) is 9.46 Å². The Morgan fingerprint density at radius 1 is 0.948 bits per heavy atom. The number of hydrogen-bond donors (Lipinski definition) is 1. The van der Waals surface area contributed by atoms with Crippen LogP contribution in [0, 0.1) is 18.3 Å². The molecule has 0 aliphatic carbocycles. The first-order chi connectivity index (χ1) is 27.9. The van der Waals surface area contributed by atoms with E-state index in [1.165, 1.54) is 17.9 Å². The van der Waals surface area contributed by atoms with Crippen LogP contribution in [0.2, 0.25) is 0 Å². The lowest BCUT2D eigenvalue weighted by Crippen LogP contribution is -2.53. The van der Waals surface area contributed by atoms with Gasteiger partial charge < -0.3 is 32.7 Å². The van der Waals surface area contributed by atoms with E-state index in [1.807, 2.05) is 78.9 Å². The number of aromatic amines is 1. The van der Waals surface area contributed by atoms with Crippen molar-refractivity contribution in [2.75, 3.05) is 34.5 Å². The smallest absolute Gasteiger partial charge is 0.330 e. The zero-order valence-corrected chi connectivity index (χ0v) is 35.4. The summed E-state index contributed by atoms with van der Waals surface area (Å²) in [5.41, 5.74) is -1.06. The van der Waals surface area contributed by atoms with E-state index in [-0.39, 0.29) is 38.1 Å². The number of methoxy groups -OCH3 is 3. The van der Waals surface area contributed by atoms with Crippen LogP contribution in [0.1, 0.15) is 69.0 Å². The number of aromatic nitrogens is 2. The third kappa shape index (κ3) is 9.14. The highest BCUT2D eigenvalue weighted by Crippen LogP contribution is 2.56. The summed E-state index contributed by atoms with van der Waals surface area (Å²) >= 11 is 0. The fraction of sp³-hybridized carbons (Fsp3) is 0.432. The summed E-state index contributed by atoms with van der Waals surface area (Å²) in [6.45, 7) is 14.0. The number of H-pyrrole nitrogens is 1. The molecule has 14 heteroatoms. The molecule has 1 fully saturated rings. The van der Waals surface area contributed by atoms with Gasteiger partial charge in [0.15, 0.2) is 6.23 Å². The number of nitrogens with zero attached hydrogens (tertiary/aromatic N) is 3. The van der Waals surface area contributed by atoms with Crippen molar-refractivity contribution < 1.29 is 32.7 Å². The molecule has 310 valence electrons. The maximum Gasteiger partial charge on any atom is 0.330 e. The Morgan fingerprint density at radius 2 is 1.52 bits per heavy atom. The summed E-state index contributed by atoms with van der Waals surface area (Å²) in [6.07, 6.45) is 0.531. The molecule has 0 bridgehead atoms. The predicted molar refractivity (Wildman–Crippen MR) is 223 cm³/mol. The van der Waals surface area contributed by atoms with Gasteiger partial charge in [0.25, 0.3) is 14.1 Å². The number of ether oxygens (including phenoxy) is 5. The van der Waals surface area contributed by atoms with Gasteiger partial charge in [-0.1, -0.05) is 60.7 Å². The average molecular weight is 815 g/mol. The zero-order chi connectivity index (χ0) is 42.0. The molecular formula is C44H55N4O9P. The van der Waals surface area contributed by atoms with Gasteiger partial charge >= 0.3 is 5.69 Å². The van der Waals surface area contributed by atoms with E-state index in [0.29, 0.717) is 17.1 Å². The quantitative estimate of drug-likeness (QED) is 0.0413. The molecule has 0 saturated carbocycles. The summed E-state index contributed by atoms with van der Waals surface area (Å²) < 4.78 is 49.0. The summed E-state index contributed by atoms with van der Waals surface area (Å²) in [7, 11) is 2.87. The number of nitrogens with one attached hydrogen (secondary N) is 1. The summed E-state index contributed by atoms with van der Waals surface area (Å²) in [4.78, 5) is 28.6. The molecular weight excluding hydrogens is 759 g/mol. The average Bonchev–Trinajstić information content (AvgIpc) is 3.51. The van der Waals surface area contributed by atoms with Gasteiger partial charge in [-0.15, -0.1) is 6.58 Å². The molecule has 1 aliphatic rings. The van der Waals surface area contributed by atoms with Crippen molar-refractivity contribution in [2.24, 2.45) is 0 Å². The molecule has 0 amide bonds. The summed E-state index contributed by atoms with van der Waals surface area (Å²) in [5, 5.41) is 9.47. The van der Waals surface area contributed by atoms with Crippen molar-refractivity contribution in [1.82, 2.24) is 14.2 Å². The Labute approximate surface area is 342 Å². The minimum Gasteiger partial charge on any atom is -0.497 e. The molecule has 5 rings (SSSR count). The molecule has 13 nitrogen and oxygen atoms in total. The predicted octanol–water partition coefficient (Wildman–Crippen LogP) is 7.39. The van der Waals surface area contributed by atoms with Gasteiger partial charge in [0.1, 0.15) is 34.9 Å². The third-order valence-corrected chi connectivity index (χ3v) is 12.5. The molecule has 1 aromatic heterocycles. The lowest BCUT2D eigenvalue weighted by Gasteiger charge is -2.44. The number of benzene rings is 3. The minimum atomic E-state index is -1.89. The monoisotopic (exact) mass is 814 g/mol. The van der Waals surface area contributed by atoms with Gasteiger partial charge in [-0.3, -0.25) is 14.3 Å². The van der Waals surface area contributed by atoms with E-state index in [9.17, 15) is 14.9 Å². The second-order valence-electron chi connectivity index (χ2n) is 14.6. The first-order valence-corrected chi connectivity index (χ1v) is 20.4. The van der Waals surface area contributed by atoms with Crippen molar-refractivity contribution in [2.45, 2.75) is 89.2 Å². The van der Waals surface area contributed by atoms with Gasteiger partial charge in [-0.05, 0) is 82.0 Å².